The first-order valence-corrected chi connectivity index (χ1v) is 6.16. The van der Waals surface area contributed by atoms with Crippen LogP contribution in [0.5, 0.6) is 5.75 Å². The van der Waals surface area contributed by atoms with Crippen molar-refractivity contribution < 1.29 is 19.4 Å². The van der Waals surface area contributed by atoms with Crippen molar-refractivity contribution in [1.82, 2.24) is 5.32 Å². The molecule has 1 aromatic rings. The Kier molecular flexibility index (Phi) is 5.36. The van der Waals surface area contributed by atoms with E-state index in [-0.39, 0.29) is 0 Å². The van der Waals surface area contributed by atoms with Gasteiger partial charge in [-0.1, -0.05) is 26.0 Å². The first-order valence-electron chi connectivity index (χ1n) is 6.16. The zero-order chi connectivity index (χ0) is 14.4. The van der Waals surface area contributed by atoms with Crippen LogP contribution in [0.25, 0.3) is 0 Å². The quantitative estimate of drug-likeness (QED) is 0.822. The number of benzene rings is 1. The highest BCUT2D eigenvalue weighted by atomic mass is 16.5. The third-order valence-electron chi connectivity index (χ3n) is 2.64. The smallest absolute Gasteiger partial charge is 0.322 e. The van der Waals surface area contributed by atoms with Crippen molar-refractivity contribution in [2.45, 2.75) is 32.8 Å². The van der Waals surface area contributed by atoms with Gasteiger partial charge in [0.05, 0.1) is 0 Å². The van der Waals surface area contributed by atoms with Crippen molar-refractivity contribution in [3.05, 3.63) is 29.8 Å². The minimum absolute atomic E-state index is 0.404. The predicted octanol–water partition coefficient (Wildman–Crippen LogP) is 1.78. The maximum absolute atomic E-state index is 11.5. The van der Waals surface area contributed by atoms with Crippen LogP contribution >= 0.6 is 0 Å². The van der Waals surface area contributed by atoms with Gasteiger partial charge >= 0.3 is 5.97 Å². The molecule has 0 aliphatic rings. The Morgan fingerprint density at radius 2 is 1.79 bits per heavy atom. The van der Waals surface area contributed by atoms with Crippen molar-refractivity contribution in [3.63, 3.8) is 0 Å². The summed E-state index contributed by atoms with van der Waals surface area (Å²) in [6.45, 7) is 5.36. The summed E-state index contributed by atoms with van der Waals surface area (Å²) in [4.78, 5) is 21.9. The van der Waals surface area contributed by atoms with E-state index in [1.807, 2.05) is 12.1 Å². The zero-order valence-electron chi connectivity index (χ0n) is 11.3. The number of carboxylic acids is 1. The highest BCUT2D eigenvalue weighted by Gasteiger charge is 2.15. The molecule has 0 spiro atoms. The Hall–Kier alpha value is -2.04. The van der Waals surface area contributed by atoms with Gasteiger partial charge in [0.15, 0.2) is 6.10 Å². The van der Waals surface area contributed by atoms with E-state index in [4.69, 9.17) is 9.84 Å². The number of amides is 1. The number of carbonyl (C=O) groups is 2. The molecular weight excluding hydrogens is 246 g/mol. The molecule has 5 nitrogen and oxygen atoms in total. The fraction of sp³-hybridized carbons (Fsp3) is 0.429. The summed E-state index contributed by atoms with van der Waals surface area (Å²) >= 11 is 0. The van der Waals surface area contributed by atoms with E-state index in [0.717, 1.165) is 0 Å². The number of hydrogen-bond acceptors (Lipinski definition) is 3. The normalized spacial score (nSPS) is 12.0. The summed E-state index contributed by atoms with van der Waals surface area (Å²) in [5.74, 6) is -0.509. The van der Waals surface area contributed by atoms with Gasteiger partial charge in [0.2, 0.25) is 0 Å². The van der Waals surface area contributed by atoms with Gasteiger partial charge in [-0.25, -0.2) is 0 Å². The van der Waals surface area contributed by atoms with Crippen LogP contribution in [0, 0.1) is 0 Å². The second-order valence-corrected chi connectivity index (χ2v) is 4.60. The topological polar surface area (TPSA) is 75.6 Å². The van der Waals surface area contributed by atoms with Crippen LogP contribution in [0.3, 0.4) is 0 Å². The van der Waals surface area contributed by atoms with E-state index in [1.54, 1.807) is 19.1 Å². The lowest BCUT2D eigenvalue weighted by Gasteiger charge is -2.14. The third-order valence-corrected chi connectivity index (χ3v) is 2.64. The molecule has 5 heteroatoms. The molecule has 0 saturated heterocycles. The summed E-state index contributed by atoms with van der Waals surface area (Å²) in [6, 6.07) is 7.50. The number of ether oxygens (including phenoxy) is 1. The lowest BCUT2D eigenvalue weighted by molar-refractivity contribution is -0.139. The van der Waals surface area contributed by atoms with E-state index in [9.17, 15) is 9.59 Å². The first kappa shape index (κ1) is 15.0. The number of aliphatic carboxylic acids is 1. The van der Waals surface area contributed by atoms with Crippen molar-refractivity contribution in [2.24, 2.45) is 0 Å². The molecule has 1 unspecified atom stereocenters. The van der Waals surface area contributed by atoms with Gasteiger partial charge in [-0.3, -0.25) is 9.59 Å². The second-order valence-electron chi connectivity index (χ2n) is 4.60. The van der Waals surface area contributed by atoms with E-state index < -0.39 is 24.5 Å². The highest BCUT2D eigenvalue weighted by Crippen LogP contribution is 2.19. The molecule has 0 radical (unpaired) electrons. The van der Waals surface area contributed by atoms with Crippen LogP contribution in [0.2, 0.25) is 0 Å². The molecule has 104 valence electrons. The molecule has 1 atom stereocenters. The summed E-state index contributed by atoms with van der Waals surface area (Å²) in [6.07, 6.45) is -0.732. The Bertz CT molecular complexity index is 439. The number of rotatable bonds is 6. The molecule has 0 bridgehead atoms. The number of nitrogens with one attached hydrogen (secondary N) is 1. The lowest BCUT2D eigenvalue weighted by Crippen LogP contribution is -2.39. The van der Waals surface area contributed by atoms with E-state index in [0.29, 0.717) is 11.7 Å². The molecule has 0 heterocycles. The predicted molar refractivity (Wildman–Crippen MR) is 71.3 cm³/mol. The number of carbonyl (C=O) groups excluding carboxylic acids is 1. The van der Waals surface area contributed by atoms with Gasteiger partial charge in [-0.2, -0.15) is 0 Å². The van der Waals surface area contributed by atoms with Crippen molar-refractivity contribution >= 4 is 11.9 Å². The fourth-order valence-corrected chi connectivity index (χ4v) is 1.50. The van der Waals surface area contributed by atoms with E-state index in [2.05, 4.69) is 19.2 Å². The summed E-state index contributed by atoms with van der Waals surface area (Å²) in [7, 11) is 0. The second kappa shape index (κ2) is 6.78. The standard InChI is InChI=1S/C14H19NO4/c1-9(2)11-4-6-12(7-5-11)19-10(3)14(18)15-8-13(16)17/h4-7,9-10H,8H2,1-3H3,(H,15,18)(H,16,17). The van der Waals surface area contributed by atoms with E-state index in [1.165, 1.54) is 5.56 Å². The summed E-state index contributed by atoms with van der Waals surface area (Å²) in [5.41, 5.74) is 1.19. The van der Waals surface area contributed by atoms with Crippen LogP contribution < -0.4 is 10.1 Å². The van der Waals surface area contributed by atoms with Gasteiger partial charge in [0.25, 0.3) is 5.91 Å². The minimum Gasteiger partial charge on any atom is -0.481 e. The molecule has 0 aromatic heterocycles. The highest BCUT2D eigenvalue weighted by molar-refractivity contribution is 5.84. The molecule has 1 amide bonds. The Balaban J connectivity index is 2.54. The molecule has 0 aliphatic carbocycles. The number of hydrogen-bond donors (Lipinski definition) is 2. The molecule has 1 aromatic carbocycles. The maximum Gasteiger partial charge on any atom is 0.322 e. The minimum atomic E-state index is -1.08. The Morgan fingerprint density at radius 3 is 2.26 bits per heavy atom. The monoisotopic (exact) mass is 265 g/mol. The van der Waals surface area contributed by atoms with Crippen molar-refractivity contribution in [1.29, 1.82) is 0 Å². The molecule has 0 aliphatic heterocycles. The van der Waals surface area contributed by atoms with E-state index >= 15 is 0 Å². The van der Waals surface area contributed by atoms with Crippen LogP contribution in [0.15, 0.2) is 24.3 Å². The van der Waals surface area contributed by atoms with Crippen molar-refractivity contribution in [3.8, 4) is 5.75 Å². The molecule has 19 heavy (non-hydrogen) atoms. The third kappa shape index (κ3) is 4.99. The van der Waals surface area contributed by atoms with Crippen LogP contribution in [0.4, 0.5) is 0 Å². The Morgan fingerprint density at radius 1 is 1.21 bits per heavy atom. The van der Waals surface area contributed by atoms with Gasteiger partial charge in [-0.15, -0.1) is 0 Å². The average molecular weight is 265 g/mol. The largest absolute Gasteiger partial charge is 0.481 e. The van der Waals surface area contributed by atoms with Crippen molar-refractivity contribution in [2.75, 3.05) is 6.54 Å². The van der Waals surface area contributed by atoms with Gasteiger partial charge in [-0.05, 0) is 30.5 Å². The summed E-state index contributed by atoms with van der Waals surface area (Å²) in [5, 5.41) is 10.7. The van der Waals surface area contributed by atoms with Crippen LogP contribution in [-0.2, 0) is 9.59 Å². The van der Waals surface area contributed by atoms with Crippen LogP contribution in [-0.4, -0.2) is 29.6 Å². The average Bonchev–Trinajstić information content (AvgIpc) is 2.36. The SMILES string of the molecule is CC(Oc1ccc(C(C)C)cc1)C(=O)NCC(=O)O. The fourth-order valence-electron chi connectivity index (χ4n) is 1.50. The molecule has 1 rings (SSSR count). The van der Waals surface area contributed by atoms with Gasteiger partial charge in [0, 0.05) is 0 Å². The lowest BCUT2D eigenvalue weighted by atomic mass is 10.0. The van der Waals surface area contributed by atoms with Gasteiger partial charge < -0.3 is 15.2 Å². The molecule has 0 fully saturated rings. The summed E-state index contributed by atoms with van der Waals surface area (Å²) < 4.78 is 5.44. The number of carboxylic acid groups (broad SMARTS) is 1. The van der Waals surface area contributed by atoms with Gasteiger partial charge in [0.1, 0.15) is 12.3 Å². The molecular formula is C14H19NO4. The first-order chi connectivity index (χ1) is 8.90. The molecule has 2 N–H and O–H groups in total. The zero-order valence-corrected chi connectivity index (χ0v) is 11.3. The van der Waals surface area contributed by atoms with Crippen LogP contribution in [0.1, 0.15) is 32.3 Å². The maximum atomic E-state index is 11.5. The Labute approximate surface area is 112 Å². The molecule has 0 saturated carbocycles.